The molecule has 0 spiro atoms. The van der Waals surface area contributed by atoms with Gasteiger partial charge in [0, 0.05) is 5.39 Å². The van der Waals surface area contributed by atoms with Crippen molar-refractivity contribution in [3.63, 3.8) is 0 Å². The zero-order valence-electron chi connectivity index (χ0n) is 8.24. The van der Waals surface area contributed by atoms with Crippen molar-refractivity contribution in [2.24, 2.45) is 0 Å². The molecule has 3 nitrogen and oxygen atoms in total. The van der Waals surface area contributed by atoms with Crippen LogP contribution in [-0.4, -0.2) is 17.3 Å². The molecule has 0 unspecified atom stereocenters. The lowest BCUT2D eigenvalue weighted by Crippen LogP contribution is -2.13. The Hall–Kier alpha value is -1.48. The fraction of sp³-hybridized carbons (Fsp3) is 0.182. The smallest absolute Gasteiger partial charge is 0.419 e. The summed E-state index contributed by atoms with van der Waals surface area (Å²) in [6.07, 6.45) is -0.441. The van der Waals surface area contributed by atoms with Crippen LogP contribution in [0.1, 0.15) is 6.92 Å². The fourth-order valence-electron chi connectivity index (χ4n) is 1.49. The molecule has 0 bridgehead atoms. The van der Waals surface area contributed by atoms with Gasteiger partial charge in [-0.1, -0.05) is 29.8 Å². The van der Waals surface area contributed by atoms with Crippen LogP contribution in [0.2, 0.25) is 5.15 Å². The van der Waals surface area contributed by atoms with Gasteiger partial charge in [0.25, 0.3) is 0 Å². The number of carbonyl (C=O) groups excluding carboxylic acids is 1. The number of hydrogen-bond acceptors (Lipinski definition) is 2. The molecule has 1 aromatic heterocycles. The van der Waals surface area contributed by atoms with Gasteiger partial charge in [0.1, 0.15) is 5.15 Å². The topological polar surface area (TPSA) is 31.2 Å². The Bertz CT molecular complexity index is 504. The maximum absolute atomic E-state index is 11.6. The molecule has 0 saturated carbocycles. The first-order valence-corrected chi connectivity index (χ1v) is 5.05. The average molecular weight is 224 g/mol. The molecule has 0 saturated heterocycles. The van der Waals surface area contributed by atoms with Crippen molar-refractivity contribution in [1.82, 2.24) is 4.57 Å². The molecule has 0 radical (unpaired) electrons. The Morgan fingerprint density at radius 3 is 2.93 bits per heavy atom. The Labute approximate surface area is 92.2 Å². The highest BCUT2D eigenvalue weighted by Crippen LogP contribution is 2.23. The number of para-hydroxylation sites is 1. The van der Waals surface area contributed by atoms with Crippen LogP contribution in [0.5, 0.6) is 0 Å². The summed E-state index contributed by atoms with van der Waals surface area (Å²) >= 11 is 5.96. The zero-order chi connectivity index (χ0) is 10.8. The Morgan fingerprint density at radius 2 is 2.20 bits per heavy atom. The first-order chi connectivity index (χ1) is 7.24. The molecule has 1 heterocycles. The van der Waals surface area contributed by atoms with E-state index in [1.54, 1.807) is 13.0 Å². The lowest BCUT2D eigenvalue weighted by atomic mass is 10.2. The largest absolute Gasteiger partial charge is 0.449 e. The minimum absolute atomic E-state index is 0.335. The summed E-state index contributed by atoms with van der Waals surface area (Å²) < 4.78 is 6.28. The minimum Gasteiger partial charge on any atom is -0.449 e. The van der Waals surface area contributed by atoms with Gasteiger partial charge >= 0.3 is 6.09 Å². The molecule has 0 aliphatic carbocycles. The molecule has 4 heteroatoms. The summed E-state index contributed by atoms with van der Waals surface area (Å²) in [5.41, 5.74) is 0.765. The van der Waals surface area contributed by atoms with E-state index in [-0.39, 0.29) is 0 Å². The maximum atomic E-state index is 11.6. The van der Waals surface area contributed by atoms with Crippen molar-refractivity contribution in [1.29, 1.82) is 0 Å². The molecule has 0 aliphatic heterocycles. The number of nitrogens with zero attached hydrogens (tertiary/aromatic N) is 1. The predicted octanol–water partition coefficient (Wildman–Crippen LogP) is 3.30. The maximum Gasteiger partial charge on any atom is 0.419 e. The predicted molar refractivity (Wildman–Crippen MR) is 59.4 cm³/mol. The summed E-state index contributed by atoms with van der Waals surface area (Å²) in [5, 5.41) is 1.30. The molecule has 0 N–H and O–H groups in total. The molecule has 0 aliphatic rings. The van der Waals surface area contributed by atoms with Gasteiger partial charge in [0.15, 0.2) is 0 Å². The van der Waals surface area contributed by atoms with Crippen molar-refractivity contribution in [3.8, 4) is 0 Å². The molecular weight excluding hydrogens is 214 g/mol. The van der Waals surface area contributed by atoms with Crippen LogP contribution in [-0.2, 0) is 4.74 Å². The van der Waals surface area contributed by atoms with Crippen molar-refractivity contribution in [3.05, 3.63) is 35.5 Å². The molecule has 15 heavy (non-hydrogen) atoms. The fourth-order valence-corrected chi connectivity index (χ4v) is 1.77. The quantitative estimate of drug-likeness (QED) is 0.743. The summed E-state index contributed by atoms with van der Waals surface area (Å²) in [7, 11) is 0. The summed E-state index contributed by atoms with van der Waals surface area (Å²) in [5.74, 6) is 0. The van der Waals surface area contributed by atoms with Gasteiger partial charge in [-0.3, -0.25) is 0 Å². The second kappa shape index (κ2) is 3.95. The second-order valence-corrected chi connectivity index (χ2v) is 3.45. The Balaban J connectivity index is 2.58. The number of carbonyl (C=O) groups is 1. The zero-order valence-corrected chi connectivity index (χ0v) is 8.99. The van der Waals surface area contributed by atoms with E-state index in [0.29, 0.717) is 11.8 Å². The number of halogens is 1. The van der Waals surface area contributed by atoms with Crippen molar-refractivity contribution >= 4 is 28.6 Å². The van der Waals surface area contributed by atoms with Crippen LogP contribution in [0.25, 0.3) is 10.9 Å². The van der Waals surface area contributed by atoms with Crippen LogP contribution in [0.3, 0.4) is 0 Å². The SMILES string of the molecule is CCOC(=O)n1c(Cl)cc2ccccc21. The third-order valence-electron chi connectivity index (χ3n) is 2.12. The minimum atomic E-state index is -0.441. The van der Waals surface area contributed by atoms with Gasteiger partial charge in [-0.25, -0.2) is 9.36 Å². The lowest BCUT2D eigenvalue weighted by molar-refractivity contribution is 0.155. The highest BCUT2D eigenvalue weighted by molar-refractivity contribution is 6.32. The number of hydrogen-bond donors (Lipinski definition) is 0. The molecule has 78 valence electrons. The standard InChI is InChI=1S/C11H10ClNO2/c1-2-15-11(14)13-9-6-4-3-5-8(9)7-10(13)12/h3-7H,2H2,1H3. The van der Waals surface area contributed by atoms with Crippen molar-refractivity contribution in [2.45, 2.75) is 6.92 Å². The van der Waals surface area contributed by atoms with E-state index in [0.717, 1.165) is 10.9 Å². The molecular formula is C11H10ClNO2. The van der Waals surface area contributed by atoms with Crippen LogP contribution in [0, 0.1) is 0 Å². The van der Waals surface area contributed by atoms with E-state index in [9.17, 15) is 4.79 Å². The first-order valence-electron chi connectivity index (χ1n) is 4.67. The van der Waals surface area contributed by atoms with Crippen LogP contribution < -0.4 is 0 Å². The van der Waals surface area contributed by atoms with Gasteiger partial charge in [-0.05, 0) is 19.1 Å². The Morgan fingerprint density at radius 1 is 1.47 bits per heavy atom. The highest BCUT2D eigenvalue weighted by atomic mass is 35.5. The summed E-state index contributed by atoms with van der Waals surface area (Å²) in [6, 6.07) is 9.23. The second-order valence-electron chi connectivity index (χ2n) is 3.06. The highest BCUT2D eigenvalue weighted by Gasteiger charge is 2.13. The van der Waals surface area contributed by atoms with Gasteiger partial charge in [-0.2, -0.15) is 0 Å². The van der Waals surface area contributed by atoms with Crippen LogP contribution in [0.15, 0.2) is 30.3 Å². The Kier molecular flexibility index (Phi) is 2.64. The molecule has 0 atom stereocenters. The number of rotatable bonds is 1. The van der Waals surface area contributed by atoms with E-state index in [1.165, 1.54) is 4.57 Å². The van der Waals surface area contributed by atoms with Crippen LogP contribution in [0.4, 0.5) is 4.79 Å². The molecule has 0 fully saturated rings. The summed E-state index contributed by atoms with van der Waals surface area (Å²) in [6.45, 7) is 2.10. The van der Waals surface area contributed by atoms with E-state index in [1.807, 2.05) is 24.3 Å². The third-order valence-corrected chi connectivity index (χ3v) is 2.39. The number of ether oxygens (including phenoxy) is 1. The summed E-state index contributed by atoms with van der Waals surface area (Å²) in [4.78, 5) is 11.6. The first kappa shape index (κ1) is 10.1. The van der Waals surface area contributed by atoms with E-state index >= 15 is 0 Å². The number of benzene rings is 1. The lowest BCUT2D eigenvalue weighted by Gasteiger charge is -2.04. The molecule has 2 aromatic rings. The van der Waals surface area contributed by atoms with E-state index in [2.05, 4.69) is 0 Å². The van der Waals surface area contributed by atoms with Crippen molar-refractivity contribution in [2.75, 3.05) is 6.61 Å². The average Bonchev–Trinajstić information content (AvgIpc) is 2.54. The van der Waals surface area contributed by atoms with E-state index < -0.39 is 6.09 Å². The van der Waals surface area contributed by atoms with E-state index in [4.69, 9.17) is 16.3 Å². The number of fused-ring (bicyclic) bond motifs is 1. The molecule has 1 aromatic carbocycles. The monoisotopic (exact) mass is 223 g/mol. The van der Waals surface area contributed by atoms with Crippen LogP contribution >= 0.6 is 11.6 Å². The normalized spacial score (nSPS) is 10.5. The third kappa shape index (κ3) is 1.70. The van der Waals surface area contributed by atoms with Gasteiger partial charge in [0.05, 0.1) is 12.1 Å². The van der Waals surface area contributed by atoms with Gasteiger partial charge in [-0.15, -0.1) is 0 Å². The van der Waals surface area contributed by atoms with Gasteiger partial charge < -0.3 is 4.74 Å². The van der Waals surface area contributed by atoms with Crippen molar-refractivity contribution < 1.29 is 9.53 Å². The van der Waals surface area contributed by atoms with Gasteiger partial charge in [0.2, 0.25) is 0 Å². The molecule has 2 rings (SSSR count). The molecule has 0 amide bonds. The number of aromatic nitrogens is 1.